The Morgan fingerprint density at radius 2 is 2.00 bits per heavy atom. The minimum Gasteiger partial charge on any atom is -0.505 e. The van der Waals surface area contributed by atoms with Crippen LogP contribution in [0.4, 0.5) is 8.78 Å². The molecule has 0 saturated heterocycles. The van der Waals surface area contributed by atoms with Gasteiger partial charge >= 0.3 is 0 Å². The van der Waals surface area contributed by atoms with Crippen molar-refractivity contribution in [3.63, 3.8) is 0 Å². The first-order valence-electron chi connectivity index (χ1n) is 4.52. The van der Waals surface area contributed by atoms with E-state index in [0.29, 0.717) is 11.3 Å². The molecule has 1 N–H and O–H groups in total. The van der Waals surface area contributed by atoms with Gasteiger partial charge in [0.1, 0.15) is 17.2 Å². The summed E-state index contributed by atoms with van der Waals surface area (Å²) in [4.78, 5) is 3.47. The van der Waals surface area contributed by atoms with Crippen LogP contribution in [0.1, 0.15) is 37.4 Å². The number of hydrogen-bond donors (Lipinski definition) is 1. The summed E-state index contributed by atoms with van der Waals surface area (Å²) in [5.74, 6) is -0.258. The van der Waals surface area contributed by atoms with Crippen molar-refractivity contribution in [2.45, 2.75) is 26.2 Å². The molecule has 1 rings (SSSR count). The van der Waals surface area contributed by atoms with E-state index in [2.05, 4.69) is 4.98 Å². The predicted molar refractivity (Wildman–Crippen MR) is 51.5 cm³/mol. The predicted octanol–water partition coefficient (Wildman–Crippen LogP) is 2.86. The van der Waals surface area contributed by atoms with Gasteiger partial charge in [-0.05, 0) is 5.92 Å². The lowest BCUT2D eigenvalue weighted by molar-refractivity contribution is 0.141. The van der Waals surface area contributed by atoms with Crippen LogP contribution in [0.15, 0.2) is 6.20 Å². The second-order valence-corrected chi connectivity index (χ2v) is 3.43. The summed E-state index contributed by atoms with van der Waals surface area (Å²) in [5, 5.41) is 9.62. The van der Waals surface area contributed by atoms with Gasteiger partial charge in [0.05, 0.1) is 13.3 Å². The molecule has 0 saturated carbocycles. The summed E-state index contributed by atoms with van der Waals surface area (Å²) in [6, 6.07) is 0. The van der Waals surface area contributed by atoms with Gasteiger partial charge in [0.15, 0.2) is 0 Å². The minimum atomic E-state index is -2.78. The van der Waals surface area contributed by atoms with Crippen molar-refractivity contribution in [2.75, 3.05) is 7.11 Å². The molecule has 0 aliphatic carbocycles. The largest absolute Gasteiger partial charge is 0.505 e. The van der Waals surface area contributed by atoms with E-state index >= 15 is 0 Å². The highest BCUT2D eigenvalue weighted by atomic mass is 19.3. The number of pyridine rings is 1. The molecule has 1 aromatic rings. The van der Waals surface area contributed by atoms with E-state index in [1.165, 1.54) is 13.3 Å². The first kappa shape index (κ1) is 11.7. The van der Waals surface area contributed by atoms with Gasteiger partial charge in [-0.15, -0.1) is 0 Å². The van der Waals surface area contributed by atoms with E-state index < -0.39 is 17.9 Å². The third-order valence-electron chi connectivity index (χ3n) is 2.09. The molecule has 0 fully saturated rings. The van der Waals surface area contributed by atoms with Gasteiger partial charge in [-0.25, -0.2) is 13.8 Å². The molecule has 1 heterocycles. The Morgan fingerprint density at radius 3 is 2.40 bits per heavy atom. The average molecular weight is 217 g/mol. The normalized spacial score (nSPS) is 11.1. The van der Waals surface area contributed by atoms with Crippen molar-refractivity contribution in [3.8, 4) is 11.5 Å². The van der Waals surface area contributed by atoms with Gasteiger partial charge in [-0.2, -0.15) is 0 Å². The molecule has 0 aliphatic rings. The highest BCUT2D eigenvalue weighted by Gasteiger charge is 2.22. The van der Waals surface area contributed by atoms with Gasteiger partial charge in [0.2, 0.25) is 0 Å². The fourth-order valence-corrected chi connectivity index (χ4v) is 1.39. The van der Waals surface area contributed by atoms with E-state index in [9.17, 15) is 13.9 Å². The number of ether oxygens (including phenoxy) is 1. The Balaban J connectivity index is 3.36. The van der Waals surface area contributed by atoms with Gasteiger partial charge in [-0.1, -0.05) is 13.8 Å². The maximum absolute atomic E-state index is 12.4. The number of methoxy groups -OCH3 is 1. The molecule has 5 heteroatoms. The summed E-state index contributed by atoms with van der Waals surface area (Å²) in [7, 11) is 1.41. The molecule has 0 radical (unpaired) electrons. The van der Waals surface area contributed by atoms with Crippen LogP contribution in [0.25, 0.3) is 0 Å². The van der Waals surface area contributed by atoms with Crippen molar-refractivity contribution >= 4 is 0 Å². The first-order valence-corrected chi connectivity index (χ1v) is 4.52. The van der Waals surface area contributed by atoms with Gasteiger partial charge in [-0.3, -0.25) is 0 Å². The van der Waals surface area contributed by atoms with Crippen LogP contribution in [0.5, 0.6) is 11.5 Å². The second-order valence-electron chi connectivity index (χ2n) is 3.43. The third kappa shape index (κ3) is 2.16. The average Bonchev–Trinajstić information content (AvgIpc) is 2.15. The highest BCUT2D eigenvalue weighted by molar-refractivity contribution is 5.47. The number of hydrogen-bond acceptors (Lipinski definition) is 3. The zero-order chi connectivity index (χ0) is 11.6. The lowest BCUT2D eigenvalue weighted by Gasteiger charge is -2.15. The molecule has 0 unspecified atom stereocenters. The molecule has 0 aliphatic heterocycles. The maximum Gasteiger partial charge on any atom is 0.284 e. The smallest absolute Gasteiger partial charge is 0.284 e. The number of nitrogens with zero attached hydrogens (tertiary/aromatic N) is 1. The summed E-state index contributed by atoms with van der Waals surface area (Å²) < 4.78 is 29.8. The fraction of sp³-hybridized carbons (Fsp3) is 0.500. The zero-order valence-corrected chi connectivity index (χ0v) is 8.79. The number of aromatic nitrogens is 1. The zero-order valence-electron chi connectivity index (χ0n) is 8.79. The fourth-order valence-electron chi connectivity index (χ4n) is 1.39. The van der Waals surface area contributed by atoms with Crippen LogP contribution in [0, 0.1) is 0 Å². The van der Waals surface area contributed by atoms with Crippen molar-refractivity contribution in [3.05, 3.63) is 17.5 Å². The molecule has 0 bridgehead atoms. The van der Waals surface area contributed by atoms with Gasteiger partial charge in [0.25, 0.3) is 6.43 Å². The molecule has 0 aromatic carbocycles. The molecule has 0 amide bonds. The minimum absolute atomic E-state index is 0.111. The summed E-state index contributed by atoms with van der Waals surface area (Å²) >= 11 is 0. The Kier molecular flexibility index (Phi) is 3.44. The molecule has 0 atom stereocenters. The lowest BCUT2D eigenvalue weighted by Crippen LogP contribution is -2.00. The second kappa shape index (κ2) is 4.42. The maximum atomic E-state index is 12.4. The molecule has 84 valence electrons. The van der Waals surface area contributed by atoms with Gasteiger partial charge < -0.3 is 9.84 Å². The highest BCUT2D eigenvalue weighted by Crippen LogP contribution is 2.38. The molecule has 15 heavy (non-hydrogen) atoms. The monoisotopic (exact) mass is 217 g/mol. The van der Waals surface area contributed by atoms with E-state index in [0.717, 1.165) is 0 Å². The molecule has 1 aromatic heterocycles. The Hall–Kier alpha value is -1.39. The third-order valence-corrected chi connectivity index (χ3v) is 2.09. The molecule has 3 nitrogen and oxygen atoms in total. The van der Waals surface area contributed by atoms with E-state index in [4.69, 9.17) is 4.74 Å². The number of rotatable bonds is 3. The lowest BCUT2D eigenvalue weighted by atomic mass is 10.0. The topological polar surface area (TPSA) is 42.4 Å². The summed E-state index contributed by atoms with van der Waals surface area (Å²) in [5.41, 5.74) is -0.234. The van der Waals surface area contributed by atoms with Crippen LogP contribution < -0.4 is 4.74 Å². The summed E-state index contributed by atoms with van der Waals surface area (Å²) in [6.07, 6.45) is -1.58. The van der Waals surface area contributed by atoms with E-state index in [1.807, 2.05) is 0 Å². The Labute approximate surface area is 86.7 Å². The SMILES string of the molecule is COc1cnc(C(F)F)c(O)c1C(C)C. The number of halogens is 2. The molecular weight excluding hydrogens is 204 g/mol. The standard InChI is InChI=1S/C10H13F2NO2/c1-5(2)7-6(15-3)4-13-8(9(7)14)10(11)12/h4-5,10,14H,1-3H3. The number of aromatic hydroxyl groups is 1. The van der Waals surface area contributed by atoms with Crippen LogP contribution in [-0.2, 0) is 0 Å². The van der Waals surface area contributed by atoms with Crippen molar-refractivity contribution < 1.29 is 18.6 Å². The van der Waals surface area contributed by atoms with Crippen LogP contribution in [0.2, 0.25) is 0 Å². The van der Waals surface area contributed by atoms with E-state index in [-0.39, 0.29) is 5.92 Å². The van der Waals surface area contributed by atoms with Crippen LogP contribution in [0.3, 0.4) is 0 Å². The Bertz CT molecular complexity index is 354. The van der Waals surface area contributed by atoms with Crippen LogP contribution in [-0.4, -0.2) is 17.2 Å². The molecular formula is C10H13F2NO2. The first-order chi connectivity index (χ1) is 6.99. The van der Waals surface area contributed by atoms with Crippen molar-refractivity contribution in [2.24, 2.45) is 0 Å². The number of alkyl halides is 2. The van der Waals surface area contributed by atoms with Crippen molar-refractivity contribution in [1.29, 1.82) is 0 Å². The quantitative estimate of drug-likeness (QED) is 0.846. The molecule has 0 spiro atoms. The summed E-state index contributed by atoms with van der Waals surface area (Å²) in [6.45, 7) is 3.57. The van der Waals surface area contributed by atoms with E-state index in [1.54, 1.807) is 13.8 Å². The van der Waals surface area contributed by atoms with Crippen molar-refractivity contribution in [1.82, 2.24) is 4.98 Å². The van der Waals surface area contributed by atoms with Gasteiger partial charge in [0, 0.05) is 5.56 Å². The van der Waals surface area contributed by atoms with Crippen LogP contribution >= 0.6 is 0 Å². The Morgan fingerprint density at radius 1 is 1.40 bits per heavy atom.